The molecule has 4 unspecified atom stereocenters. The van der Waals surface area contributed by atoms with Gasteiger partial charge >= 0.3 is 0 Å². The minimum atomic E-state index is -0.649. The van der Waals surface area contributed by atoms with Crippen LogP contribution in [0.25, 0.3) is 0 Å². The number of hydrogen-bond donors (Lipinski definition) is 6. The Hall–Kier alpha value is -4.56. The van der Waals surface area contributed by atoms with Gasteiger partial charge in [0.2, 0.25) is 0 Å². The van der Waals surface area contributed by atoms with Crippen molar-refractivity contribution in [1.29, 1.82) is 0 Å². The van der Waals surface area contributed by atoms with Gasteiger partial charge in [0.15, 0.2) is 0 Å². The first-order valence-corrected chi connectivity index (χ1v) is 11.6. The van der Waals surface area contributed by atoms with E-state index < -0.39 is 24.4 Å². The normalized spacial score (nSPS) is 12.7. The number of hydrogen-bond acceptors (Lipinski definition) is 14. The fourth-order valence-corrected chi connectivity index (χ4v) is 2.01. The molecular weight excluding hydrogens is 1570 g/mol. The maximum Gasteiger partial charge on any atom is 0.0976 e. The van der Waals surface area contributed by atoms with E-state index in [2.05, 4.69) is 47.4 Å². The van der Waals surface area contributed by atoms with E-state index in [9.17, 15) is 10.2 Å². The SMILES string of the molecule is [CH2-]OCC(O)COCCCOCC(O)CO[CH2-].[CH2-]OCC(O)COCCO.[CH2-]OCC(O)COCCO.[Rf].[Rf].[Rf].[Rf]. The molecule has 41 heavy (non-hydrogen) atoms. The van der Waals surface area contributed by atoms with Gasteiger partial charge in [-0.3, -0.25) is 0 Å². The largest absolute Gasteiger partial charge is 0.553 e. The fraction of sp³-hybridized carbons (Fsp3) is 0.826. The molecule has 4 atom stereocenters. The first kappa shape index (κ1) is 52.8. The molecule has 0 aromatic heterocycles. The minimum Gasteiger partial charge on any atom is -0.553 e. The Balaban J connectivity index is -0.0000000848. The summed E-state index contributed by atoms with van der Waals surface area (Å²) in [7, 11) is 12.5. The molecule has 0 aromatic rings. The summed E-state index contributed by atoms with van der Waals surface area (Å²) in [6, 6.07) is 0. The summed E-state index contributed by atoms with van der Waals surface area (Å²) in [5.41, 5.74) is 0. The topological polar surface area (TPSA) is 195 Å². The van der Waals surface area contributed by atoms with Crippen LogP contribution in [0.3, 0.4) is 0 Å². The van der Waals surface area contributed by atoms with Crippen LogP contribution >= 0.6 is 0 Å². The molecule has 0 aliphatic rings. The van der Waals surface area contributed by atoms with E-state index in [1.165, 1.54) is 0 Å². The molecule has 0 aromatic carbocycles. The van der Waals surface area contributed by atoms with Gasteiger partial charge in [-0.1, -0.05) is 0 Å². The molecule has 14 nitrogen and oxygen atoms in total. The minimum absolute atomic E-state index is 0. The zero-order valence-corrected chi connectivity index (χ0v) is 50.1. The van der Waals surface area contributed by atoms with Crippen molar-refractivity contribution in [2.45, 2.75) is 30.8 Å². The molecule has 0 aliphatic carbocycles. The third-order valence-electron chi connectivity index (χ3n) is 3.53. The van der Waals surface area contributed by atoms with Gasteiger partial charge in [-0.25, -0.2) is 28.4 Å². The summed E-state index contributed by atoms with van der Waals surface area (Å²) in [6.45, 7) is 2.82. The number of rotatable bonds is 24. The zero-order valence-electron chi connectivity index (χ0n) is 24.5. The van der Waals surface area contributed by atoms with Crippen LogP contribution in [0.5, 0.6) is 0 Å². The van der Waals surface area contributed by atoms with Crippen molar-refractivity contribution >= 4 is 0 Å². The van der Waals surface area contributed by atoms with E-state index in [0.29, 0.717) is 19.6 Å². The average Bonchev–Trinajstić information content (AvgIpc) is 2.85. The predicted molar refractivity (Wildman–Crippen MR) is 131 cm³/mol. The van der Waals surface area contributed by atoms with Gasteiger partial charge < -0.3 is 68.5 Å². The molecule has 0 amide bonds. The van der Waals surface area contributed by atoms with Gasteiger partial charge in [-0.15, -0.1) is 0 Å². The van der Waals surface area contributed by atoms with Crippen LogP contribution in [0.1, 0.15) is 6.42 Å². The number of aliphatic hydroxyl groups excluding tert-OH is 6. The van der Waals surface area contributed by atoms with E-state index in [1.807, 2.05) is 0 Å². The second-order valence-corrected chi connectivity index (χ2v) is 7.20. The number of aliphatic hydroxyl groups is 6. The Labute approximate surface area is 220 Å². The fourth-order valence-electron chi connectivity index (χ4n) is 2.01. The van der Waals surface area contributed by atoms with Gasteiger partial charge in [0.05, 0.1) is 77.3 Å². The molecular formula is C23H48O14Rf4-4. The quantitative estimate of drug-likeness (QED) is 0.0463. The second-order valence-electron chi connectivity index (χ2n) is 7.20. The van der Waals surface area contributed by atoms with Crippen molar-refractivity contribution in [3.63, 3.8) is 0 Å². The van der Waals surface area contributed by atoms with Crippen LogP contribution in [0.15, 0.2) is 0 Å². The second kappa shape index (κ2) is 45.4. The zero-order chi connectivity index (χ0) is 28.6. The van der Waals surface area contributed by atoms with Crippen molar-refractivity contribution in [1.82, 2.24) is 0 Å². The Bertz CT molecular complexity index is 379. The van der Waals surface area contributed by atoms with Crippen LogP contribution in [0, 0.1) is 28.4 Å². The summed E-state index contributed by atoms with van der Waals surface area (Å²) in [4.78, 5) is 0. The Morgan fingerprint density at radius 2 is 0.610 bits per heavy atom. The van der Waals surface area contributed by atoms with Crippen molar-refractivity contribution in [3.8, 4) is 0 Å². The molecule has 0 spiro atoms. The molecule has 0 saturated carbocycles. The molecule has 0 radical (unpaired) electrons. The summed E-state index contributed by atoms with van der Waals surface area (Å²) in [5, 5.41) is 52.7. The van der Waals surface area contributed by atoms with Crippen molar-refractivity contribution < 1.29 is 68.5 Å². The molecule has 6 N–H and O–H groups in total. The van der Waals surface area contributed by atoms with Crippen LogP contribution in [0.2, 0.25) is 0 Å². The summed E-state index contributed by atoms with van der Waals surface area (Å²) in [6.07, 6.45) is -1.91. The van der Waals surface area contributed by atoms with E-state index >= 15 is 0 Å². The molecule has 18 heteroatoms. The van der Waals surface area contributed by atoms with E-state index in [-0.39, 0.29) is 79.3 Å². The first-order valence-electron chi connectivity index (χ1n) is 11.6. The van der Waals surface area contributed by atoms with Crippen molar-refractivity contribution in [2.24, 2.45) is 0 Å². The Kier molecular flexibility index (Phi) is 58.4. The van der Waals surface area contributed by atoms with Gasteiger partial charge in [-0.2, -0.15) is 0 Å². The first-order chi connectivity index (χ1) is 17.8. The van der Waals surface area contributed by atoms with Gasteiger partial charge in [-0.05, 0) is 6.42 Å². The van der Waals surface area contributed by atoms with Gasteiger partial charge in [0.25, 0.3) is 0 Å². The maximum absolute atomic E-state index is 9.21. The third kappa shape index (κ3) is 52.6. The molecule has 0 aliphatic heterocycles. The summed E-state index contributed by atoms with van der Waals surface area (Å²) < 4.78 is 37.7. The van der Waals surface area contributed by atoms with Crippen molar-refractivity contribution in [2.75, 3.05) is 92.5 Å². The molecule has 0 saturated heterocycles. The molecule has 0 fully saturated rings. The molecule has 0 bridgehead atoms. The molecule has 0 heterocycles. The van der Waals surface area contributed by atoms with E-state index in [1.54, 1.807) is 0 Å². The van der Waals surface area contributed by atoms with E-state index in [4.69, 9.17) is 39.4 Å². The standard InChI is InChI=1S/C11H22O6.2C6H13O4.4Rf/c1-14-6-10(12)8-16-4-3-5-17-9-11(13)7-15-2;2*1-9-4-6(8)5-10-3-2-7;;;;/h10-13H,1-9H2;2*6-8H,1-5H2;;;;/q-2;2*-1;;;;. The molecule has 0 rings (SSSR count). The number of ether oxygens (including phenoxy) is 8. The van der Waals surface area contributed by atoms with Gasteiger partial charge in [0.1, 0.15) is 0 Å². The Morgan fingerprint density at radius 3 is 0.805 bits per heavy atom. The monoisotopic (exact) mass is 1620 g/mol. The van der Waals surface area contributed by atoms with E-state index in [0.717, 1.165) is 0 Å². The summed E-state index contributed by atoms with van der Waals surface area (Å²) in [5.74, 6) is 0. The average molecular weight is 1620 g/mol. The van der Waals surface area contributed by atoms with Crippen LogP contribution in [0.4, 0.5) is 0 Å². The summed E-state index contributed by atoms with van der Waals surface area (Å²) >= 11 is 0. The van der Waals surface area contributed by atoms with Crippen LogP contribution < -0.4 is 0 Å². The smallest absolute Gasteiger partial charge is 0.0976 e. The van der Waals surface area contributed by atoms with Crippen LogP contribution in [-0.2, 0) is 37.9 Å². The third-order valence-corrected chi connectivity index (χ3v) is 3.53. The van der Waals surface area contributed by atoms with Gasteiger partial charge in [0, 0.05) is 39.6 Å². The molecule has 236 valence electrons. The van der Waals surface area contributed by atoms with Crippen LogP contribution in [-0.4, -0.2) is 148 Å². The predicted octanol–water partition coefficient (Wildman–Crippen LogP) is -1.92. The Morgan fingerprint density at radius 1 is 0.390 bits per heavy atom. The van der Waals surface area contributed by atoms with Crippen molar-refractivity contribution in [3.05, 3.63) is 28.4 Å². The maximum atomic E-state index is 9.21.